The molecule has 0 fully saturated rings. The zero-order valence-corrected chi connectivity index (χ0v) is 15.4. The number of thiazole rings is 1. The number of hydrogen-bond donors (Lipinski definition) is 2. The Balaban J connectivity index is 1.59. The quantitative estimate of drug-likeness (QED) is 0.606. The molecule has 25 heavy (non-hydrogen) atoms. The van der Waals surface area contributed by atoms with Crippen LogP contribution in [0.3, 0.4) is 0 Å². The number of aromatic carboxylic acids is 1. The van der Waals surface area contributed by atoms with Crippen molar-refractivity contribution in [3.63, 3.8) is 0 Å². The molecule has 0 atom stereocenters. The van der Waals surface area contributed by atoms with E-state index in [1.807, 2.05) is 29.8 Å². The number of carboxylic acid groups (broad SMARTS) is 1. The summed E-state index contributed by atoms with van der Waals surface area (Å²) in [5, 5.41) is 15.1. The molecule has 0 aliphatic carbocycles. The minimum atomic E-state index is -0.916. The second kappa shape index (κ2) is 6.58. The fourth-order valence-electron chi connectivity index (χ4n) is 2.36. The van der Waals surface area contributed by atoms with Crippen LogP contribution in [0.5, 0.6) is 11.5 Å². The molecule has 128 valence electrons. The van der Waals surface area contributed by atoms with Crippen LogP contribution >= 0.6 is 34.4 Å². The predicted molar refractivity (Wildman–Crippen MR) is 100 cm³/mol. The molecular weight excluding hydrogens is 380 g/mol. The van der Waals surface area contributed by atoms with E-state index in [1.54, 1.807) is 6.07 Å². The first kappa shape index (κ1) is 16.2. The third-order valence-corrected chi connectivity index (χ3v) is 6.51. The highest BCUT2D eigenvalue weighted by Gasteiger charge is 2.18. The van der Waals surface area contributed by atoms with Crippen LogP contribution < -0.4 is 14.8 Å². The third kappa shape index (κ3) is 3.17. The van der Waals surface area contributed by atoms with E-state index in [-0.39, 0.29) is 6.79 Å². The molecule has 3 aromatic rings. The lowest BCUT2D eigenvalue weighted by molar-refractivity contribution is 0.0702. The number of rotatable bonds is 5. The Labute approximate surface area is 155 Å². The summed E-state index contributed by atoms with van der Waals surface area (Å²) in [6, 6.07) is 7.29. The number of nitrogens with zero attached hydrogens (tertiary/aromatic N) is 1. The van der Waals surface area contributed by atoms with Gasteiger partial charge in [-0.05, 0) is 24.5 Å². The maximum absolute atomic E-state index is 11.2. The molecule has 0 unspecified atom stereocenters. The fourth-order valence-corrected chi connectivity index (χ4v) is 4.82. The van der Waals surface area contributed by atoms with Gasteiger partial charge in [-0.3, -0.25) is 0 Å². The van der Waals surface area contributed by atoms with Crippen LogP contribution in [-0.4, -0.2) is 29.1 Å². The second-order valence-electron chi connectivity index (χ2n) is 5.05. The highest BCUT2D eigenvalue weighted by atomic mass is 32.2. The van der Waals surface area contributed by atoms with Gasteiger partial charge < -0.3 is 19.9 Å². The van der Waals surface area contributed by atoms with Crippen molar-refractivity contribution >= 4 is 51.2 Å². The maximum Gasteiger partial charge on any atom is 0.345 e. The van der Waals surface area contributed by atoms with Crippen molar-refractivity contribution in [2.45, 2.75) is 4.21 Å². The number of hydrogen-bond acceptors (Lipinski definition) is 8. The van der Waals surface area contributed by atoms with E-state index < -0.39 is 5.97 Å². The Morgan fingerprint density at radius 2 is 2.16 bits per heavy atom. The topological polar surface area (TPSA) is 80.7 Å². The molecule has 6 nitrogen and oxygen atoms in total. The summed E-state index contributed by atoms with van der Waals surface area (Å²) >= 11 is 4.25. The standard InChI is InChI=1S/C16H12N2O4S3/c1-23-15-9(5-13(25-15)14(19)20)10-6-24-16(18-10)17-8-2-3-11-12(4-8)22-7-21-11/h2-6H,7H2,1H3,(H,17,18)(H,19,20). The second-order valence-corrected chi connectivity index (χ2v) is 8.04. The number of ether oxygens (including phenoxy) is 2. The van der Waals surface area contributed by atoms with Crippen molar-refractivity contribution in [3.05, 3.63) is 34.5 Å². The van der Waals surface area contributed by atoms with Crippen molar-refractivity contribution in [1.29, 1.82) is 0 Å². The molecule has 1 aliphatic heterocycles. The number of benzene rings is 1. The Bertz CT molecular complexity index is 951. The molecule has 4 rings (SSSR count). The van der Waals surface area contributed by atoms with Gasteiger partial charge in [0.25, 0.3) is 0 Å². The van der Waals surface area contributed by atoms with Gasteiger partial charge in [0.2, 0.25) is 6.79 Å². The van der Waals surface area contributed by atoms with Crippen molar-refractivity contribution in [2.75, 3.05) is 18.4 Å². The molecule has 1 aliphatic rings. The Morgan fingerprint density at radius 3 is 2.96 bits per heavy atom. The van der Waals surface area contributed by atoms with Gasteiger partial charge in [-0.25, -0.2) is 9.78 Å². The highest BCUT2D eigenvalue weighted by Crippen LogP contribution is 2.40. The highest BCUT2D eigenvalue weighted by molar-refractivity contribution is 8.00. The van der Waals surface area contributed by atoms with Gasteiger partial charge in [-0.1, -0.05) is 0 Å². The van der Waals surface area contributed by atoms with Gasteiger partial charge in [0.1, 0.15) is 4.88 Å². The van der Waals surface area contributed by atoms with Gasteiger partial charge in [0.15, 0.2) is 16.6 Å². The van der Waals surface area contributed by atoms with Crippen molar-refractivity contribution in [2.24, 2.45) is 0 Å². The minimum Gasteiger partial charge on any atom is -0.477 e. The van der Waals surface area contributed by atoms with Crippen LogP contribution in [0.25, 0.3) is 11.3 Å². The van der Waals surface area contributed by atoms with Crippen LogP contribution in [0, 0.1) is 0 Å². The summed E-state index contributed by atoms with van der Waals surface area (Å²) < 4.78 is 11.6. The molecule has 2 aromatic heterocycles. The fraction of sp³-hybridized carbons (Fsp3) is 0.125. The summed E-state index contributed by atoms with van der Waals surface area (Å²) in [4.78, 5) is 16.1. The normalized spacial score (nSPS) is 12.4. The summed E-state index contributed by atoms with van der Waals surface area (Å²) in [5.41, 5.74) is 2.47. The first-order valence-corrected chi connectivity index (χ1v) is 10.1. The van der Waals surface area contributed by atoms with Crippen molar-refractivity contribution in [3.8, 4) is 22.8 Å². The van der Waals surface area contributed by atoms with E-state index in [2.05, 4.69) is 10.3 Å². The Kier molecular flexibility index (Phi) is 4.28. The molecule has 0 saturated heterocycles. The van der Waals surface area contributed by atoms with Crippen LogP contribution in [0.15, 0.2) is 33.9 Å². The number of anilines is 2. The van der Waals surface area contributed by atoms with Crippen LogP contribution in [0.2, 0.25) is 0 Å². The number of fused-ring (bicyclic) bond motifs is 1. The van der Waals surface area contributed by atoms with E-state index in [1.165, 1.54) is 34.4 Å². The van der Waals surface area contributed by atoms with E-state index >= 15 is 0 Å². The summed E-state index contributed by atoms with van der Waals surface area (Å²) in [6.45, 7) is 0.238. The molecule has 3 heterocycles. The summed E-state index contributed by atoms with van der Waals surface area (Å²) in [5.74, 6) is 0.519. The Morgan fingerprint density at radius 1 is 1.32 bits per heavy atom. The number of carboxylic acids is 1. The van der Waals surface area contributed by atoms with Gasteiger partial charge in [-0.15, -0.1) is 34.4 Å². The zero-order valence-electron chi connectivity index (χ0n) is 12.9. The minimum absolute atomic E-state index is 0.238. The summed E-state index contributed by atoms with van der Waals surface area (Å²) in [6.07, 6.45) is 1.93. The van der Waals surface area contributed by atoms with E-state index in [9.17, 15) is 9.90 Å². The van der Waals surface area contributed by atoms with Gasteiger partial charge in [0, 0.05) is 22.7 Å². The molecule has 0 radical (unpaired) electrons. The molecule has 0 bridgehead atoms. The number of carbonyl (C=O) groups is 1. The van der Waals surface area contributed by atoms with Crippen molar-refractivity contribution in [1.82, 2.24) is 4.98 Å². The lowest BCUT2D eigenvalue weighted by Gasteiger charge is -2.03. The lowest BCUT2D eigenvalue weighted by atomic mass is 10.2. The lowest BCUT2D eigenvalue weighted by Crippen LogP contribution is -1.93. The Hall–Kier alpha value is -2.23. The van der Waals surface area contributed by atoms with Gasteiger partial charge in [0.05, 0.1) is 9.90 Å². The molecular formula is C16H12N2O4S3. The van der Waals surface area contributed by atoms with Gasteiger partial charge in [-0.2, -0.15) is 0 Å². The van der Waals surface area contributed by atoms with E-state index in [4.69, 9.17) is 9.47 Å². The van der Waals surface area contributed by atoms with Crippen molar-refractivity contribution < 1.29 is 19.4 Å². The largest absolute Gasteiger partial charge is 0.477 e. The number of thioether (sulfide) groups is 1. The number of nitrogens with one attached hydrogen (secondary N) is 1. The average molecular weight is 392 g/mol. The zero-order chi connectivity index (χ0) is 17.4. The maximum atomic E-state index is 11.2. The number of aromatic nitrogens is 1. The molecule has 1 aromatic carbocycles. The first-order chi connectivity index (χ1) is 12.1. The SMILES string of the molecule is CSc1sc(C(=O)O)cc1-c1csc(Nc2ccc3c(c2)OCO3)n1. The van der Waals surface area contributed by atoms with Crippen LogP contribution in [-0.2, 0) is 0 Å². The molecule has 0 saturated carbocycles. The molecule has 9 heteroatoms. The van der Waals surface area contributed by atoms with Crippen LogP contribution in [0.4, 0.5) is 10.8 Å². The predicted octanol–water partition coefficient (Wildman–Crippen LogP) is 4.76. The van der Waals surface area contributed by atoms with E-state index in [0.29, 0.717) is 10.6 Å². The van der Waals surface area contributed by atoms with Crippen LogP contribution in [0.1, 0.15) is 9.67 Å². The number of thiophene rings is 1. The smallest absolute Gasteiger partial charge is 0.345 e. The van der Waals surface area contributed by atoms with Gasteiger partial charge >= 0.3 is 5.97 Å². The monoisotopic (exact) mass is 392 g/mol. The molecule has 0 spiro atoms. The first-order valence-electron chi connectivity index (χ1n) is 7.18. The summed E-state index contributed by atoms with van der Waals surface area (Å²) in [7, 11) is 0. The molecule has 2 N–H and O–H groups in total. The van der Waals surface area contributed by atoms with E-state index in [0.717, 1.165) is 32.0 Å². The average Bonchev–Trinajstić information content (AvgIpc) is 3.33. The molecule has 0 amide bonds. The third-order valence-electron chi connectivity index (χ3n) is 3.50.